The molecule has 0 unspecified atom stereocenters. The van der Waals surface area contributed by atoms with Crippen molar-refractivity contribution in [2.75, 3.05) is 6.61 Å². The molecule has 1 N–H and O–H groups in total. The molecule has 2 aromatic rings. The molecule has 1 aromatic heterocycles. The van der Waals surface area contributed by atoms with Gasteiger partial charge in [-0.15, -0.1) is 0 Å². The highest BCUT2D eigenvalue weighted by Crippen LogP contribution is 2.42. The minimum absolute atomic E-state index is 0.0507. The van der Waals surface area contributed by atoms with Gasteiger partial charge in [0, 0.05) is 11.6 Å². The number of fused-ring (bicyclic) bond motifs is 2. The topological polar surface area (TPSA) is 64.7 Å². The van der Waals surface area contributed by atoms with Crippen LogP contribution in [0.25, 0.3) is 11.3 Å². The zero-order chi connectivity index (χ0) is 14.4. The van der Waals surface area contributed by atoms with Gasteiger partial charge in [0.1, 0.15) is 11.5 Å². The van der Waals surface area contributed by atoms with Crippen LogP contribution in [0.2, 0.25) is 0 Å². The Bertz CT molecular complexity index is 656. The summed E-state index contributed by atoms with van der Waals surface area (Å²) in [7, 11) is 0. The number of benzene rings is 1. The van der Waals surface area contributed by atoms with Crippen molar-refractivity contribution >= 4 is 0 Å². The maximum absolute atomic E-state index is 12.9. The molecule has 2 aliphatic rings. The van der Waals surface area contributed by atoms with Crippen molar-refractivity contribution < 1.29 is 23.5 Å². The fraction of sp³-hybridized carbons (Fsp3) is 0.400. The number of ether oxygens (including phenoxy) is 2. The Hall–Kier alpha value is -1.76. The summed E-state index contributed by atoms with van der Waals surface area (Å²) < 4.78 is 29.3. The highest BCUT2D eigenvalue weighted by atomic mass is 19.1. The van der Waals surface area contributed by atoms with E-state index in [1.807, 2.05) is 0 Å². The molecule has 0 aliphatic carbocycles. The van der Waals surface area contributed by atoms with E-state index in [0.717, 1.165) is 5.56 Å². The number of halogens is 1. The van der Waals surface area contributed by atoms with Crippen LogP contribution in [0.1, 0.15) is 18.6 Å². The summed E-state index contributed by atoms with van der Waals surface area (Å²) in [6, 6.07) is 7.58. The van der Waals surface area contributed by atoms with E-state index in [-0.39, 0.29) is 11.9 Å². The van der Waals surface area contributed by atoms with Crippen molar-refractivity contribution in [2.45, 2.75) is 30.8 Å². The predicted octanol–water partition coefficient (Wildman–Crippen LogP) is 2.20. The minimum Gasteiger partial charge on any atom is -0.377 e. The van der Waals surface area contributed by atoms with Crippen molar-refractivity contribution in [1.29, 1.82) is 0 Å². The smallest absolute Gasteiger partial charge is 0.194 e. The molecule has 5 nitrogen and oxygen atoms in total. The Morgan fingerprint density at radius 3 is 2.90 bits per heavy atom. The average Bonchev–Trinajstić information content (AvgIpc) is 3.13. The Morgan fingerprint density at radius 1 is 1.29 bits per heavy atom. The molecule has 2 bridgehead atoms. The molecule has 0 amide bonds. The lowest BCUT2D eigenvalue weighted by Gasteiger charge is -2.33. The Kier molecular flexibility index (Phi) is 2.85. The lowest BCUT2D eigenvalue weighted by molar-refractivity contribution is -0.225. The largest absolute Gasteiger partial charge is 0.377 e. The van der Waals surface area contributed by atoms with E-state index in [1.165, 1.54) is 12.1 Å². The summed E-state index contributed by atoms with van der Waals surface area (Å²) in [5, 5.41) is 14.7. The average molecular weight is 291 g/mol. The Morgan fingerprint density at radius 2 is 2.10 bits per heavy atom. The second-order valence-electron chi connectivity index (χ2n) is 5.47. The van der Waals surface area contributed by atoms with Crippen LogP contribution in [-0.4, -0.2) is 29.3 Å². The molecule has 0 spiro atoms. The van der Waals surface area contributed by atoms with Crippen molar-refractivity contribution in [2.24, 2.45) is 0 Å². The first-order valence-electron chi connectivity index (χ1n) is 6.88. The van der Waals surface area contributed by atoms with Crippen molar-refractivity contribution in [3.8, 4) is 11.3 Å². The third kappa shape index (κ3) is 2.07. The third-order valence-electron chi connectivity index (χ3n) is 4.06. The van der Waals surface area contributed by atoms with E-state index >= 15 is 0 Å². The highest BCUT2D eigenvalue weighted by molar-refractivity contribution is 5.58. The van der Waals surface area contributed by atoms with Crippen molar-refractivity contribution in [3.63, 3.8) is 0 Å². The van der Waals surface area contributed by atoms with Crippen LogP contribution in [0.4, 0.5) is 4.39 Å². The van der Waals surface area contributed by atoms with Gasteiger partial charge in [-0.25, -0.2) is 4.39 Å². The molecule has 110 valence electrons. The first-order chi connectivity index (χ1) is 10.1. The van der Waals surface area contributed by atoms with E-state index in [9.17, 15) is 9.50 Å². The van der Waals surface area contributed by atoms with E-state index in [0.29, 0.717) is 30.9 Å². The van der Waals surface area contributed by atoms with Crippen molar-refractivity contribution in [1.82, 2.24) is 5.16 Å². The number of hydrogen-bond donors (Lipinski definition) is 1. The van der Waals surface area contributed by atoms with Crippen LogP contribution >= 0.6 is 0 Å². The quantitative estimate of drug-likeness (QED) is 0.919. The standard InChI is InChI=1S/C15H14FNO4/c16-10-3-1-9(2-4-10)12-7-13(21-17-12)15(18)6-5-11-8-19-14(15)20-11/h1-4,7,11,14,18H,5-6,8H2/t11-,14-,15+/m0/s1. The van der Waals surface area contributed by atoms with Gasteiger partial charge < -0.3 is 19.1 Å². The van der Waals surface area contributed by atoms with E-state index in [2.05, 4.69) is 5.16 Å². The molecule has 21 heavy (non-hydrogen) atoms. The fourth-order valence-electron chi connectivity index (χ4n) is 2.82. The van der Waals surface area contributed by atoms with Crippen LogP contribution in [0.5, 0.6) is 0 Å². The first-order valence-corrected chi connectivity index (χ1v) is 6.88. The van der Waals surface area contributed by atoms with Gasteiger partial charge in [-0.05, 0) is 37.1 Å². The number of aromatic nitrogens is 1. The number of rotatable bonds is 2. The SMILES string of the molecule is O[C@@]1(c2cc(-c3ccc(F)cc3)no2)CC[C@H]2CO[C@H]1O2. The molecule has 2 fully saturated rings. The van der Waals surface area contributed by atoms with Gasteiger partial charge in [-0.3, -0.25) is 0 Å². The predicted molar refractivity (Wildman–Crippen MR) is 69.6 cm³/mol. The van der Waals surface area contributed by atoms with Crippen LogP contribution in [0.15, 0.2) is 34.9 Å². The van der Waals surface area contributed by atoms with E-state index in [1.54, 1.807) is 18.2 Å². The summed E-state index contributed by atoms with van der Waals surface area (Å²) in [4.78, 5) is 0. The molecule has 1 aromatic carbocycles. The second-order valence-corrected chi connectivity index (χ2v) is 5.47. The first kappa shape index (κ1) is 12.9. The molecule has 6 heteroatoms. The maximum Gasteiger partial charge on any atom is 0.194 e. The molecule has 0 radical (unpaired) electrons. The molecule has 3 atom stereocenters. The van der Waals surface area contributed by atoms with Crippen LogP contribution in [0.3, 0.4) is 0 Å². The van der Waals surface area contributed by atoms with Crippen LogP contribution < -0.4 is 0 Å². The van der Waals surface area contributed by atoms with Gasteiger partial charge in [-0.2, -0.15) is 0 Å². The molecule has 3 heterocycles. The number of nitrogens with zero attached hydrogens (tertiary/aromatic N) is 1. The van der Waals surface area contributed by atoms with Gasteiger partial charge in [-0.1, -0.05) is 5.16 Å². The van der Waals surface area contributed by atoms with Crippen molar-refractivity contribution in [3.05, 3.63) is 41.9 Å². The summed E-state index contributed by atoms with van der Waals surface area (Å²) in [6.07, 6.45) is 0.542. The van der Waals surface area contributed by atoms with Gasteiger partial charge >= 0.3 is 0 Å². The summed E-state index contributed by atoms with van der Waals surface area (Å²) in [5.41, 5.74) is -0.0614. The number of hydrogen-bond acceptors (Lipinski definition) is 5. The molecule has 4 rings (SSSR count). The van der Waals surface area contributed by atoms with E-state index in [4.69, 9.17) is 14.0 Å². The number of aliphatic hydroxyl groups is 1. The molecule has 0 saturated carbocycles. The molecular formula is C15H14FNO4. The third-order valence-corrected chi connectivity index (χ3v) is 4.06. The van der Waals surface area contributed by atoms with Crippen LogP contribution in [-0.2, 0) is 15.1 Å². The lowest BCUT2D eigenvalue weighted by atomic mass is 9.90. The zero-order valence-electron chi connectivity index (χ0n) is 11.2. The molecule has 2 saturated heterocycles. The maximum atomic E-state index is 12.9. The Labute approximate surface area is 120 Å². The zero-order valence-corrected chi connectivity index (χ0v) is 11.2. The van der Waals surface area contributed by atoms with Gasteiger partial charge in [0.15, 0.2) is 17.7 Å². The van der Waals surface area contributed by atoms with Crippen LogP contribution in [0, 0.1) is 5.82 Å². The Balaban J connectivity index is 1.66. The molecule has 2 aliphatic heterocycles. The van der Waals surface area contributed by atoms with Gasteiger partial charge in [0.25, 0.3) is 0 Å². The van der Waals surface area contributed by atoms with Gasteiger partial charge in [0.2, 0.25) is 0 Å². The lowest BCUT2D eigenvalue weighted by Crippen LogP contribution is -2.43. The second kappa shape index (κ2) is 4.62. The molecular weight excluding hydrogens is 277 g/mol. The fourth-order valence-corrected chi connectivity index (χ4v) is 2.82. The van der Waals surface area contributed by atoms with E-state index < -0.39 is 11.9 Å². The monoisotopic (exact) mass is 291 g/mol. The highest BCUT2D eigenvalue weighted by Gasteiger charge is 2.51. The summed E-state index contributed by atoms with van der Waals surface area (Å²) in [5.74, 6) is -0.000602. The normalized spacial score (nSPS) is 31.5. The van der Waals surface area contributed by atoms with Gasteiger partial charge in [0.05, 0.1) is 12.7 Å². The summed E-state index contributed by atoms with van der Waals surface area (Å²) >= 11 is 0. The summed E-state index contributed by atoms with van der Waals surface area (Å²) in [6.45, 7) is 0.492. The minimum atomic E-state index is -1.32.